The van der Waals surface area contributed by atoms with E-state index in [1.54, 1.807) is 0 Å². The van der Waals surface area contributed by atoms with Gasteiger partial charge in [-0.15, -0.1) is 0 Å². The van der Waals surface area contributed by atoms with Gasteiger partial charge < -0.3 is 0 Å². The summed E-state index contributed by atoms with van der Waals surface area (Å²) < 4.78 is 0. The molecule has 0 saturated heterocycles. The highest BCUT2D eigenvalue weighted by molar-refractivity contribution is 6.24. The Kier molecular flexibility index (Phi) is 5.24. The first-order chi connectivity index (χ1) is 19.8. The van der Waals surface area contributed by atoms with Crippen LogP contribution >= 0.6 is 0 Å². The van der Waals surface area contributed by atoms with Gasteiger partial charge in [-0.1, -0.05) is 146 Å². The number of hydrogen-bond acceptors (Lipinski definition) is 0. The molecule has 0 spiro atoms. The summed E-state index contributed by atoms with van der Waals surface area (Å²) >= 11 is 0. The second-order valence-corrected chi connectivity index (χ2v) is 10.5. The maximum atomic E-state index is 2.41. The Morgan fingerprint density at radius 1 is 0.250 bits per heavy atom. The predicted octanol–water partition coefficient (Wildman–Crippen LogP) is 11.3. The fourth-order valence-electron chi connectivity index (χ4n) is 6.38. The Morgan fingerprint density at radius 2 is 0.825 bits per heavy atom. The summed E-state index contributed by atoms with van der Waals surface area (Å²) in [7, 11) is 0. The number of benzene rings is 8. The Balaban J connectivity index is 1.51. The molecule has 0 aliphatic carbocycles. The van der Waals surface area contributed by atoms with Gasteiger partial charge in [-0.2, -0.15) is 0 Å². The van der Waals surface area contributed by atoms with E-state index in [4.69, 9.17) is 0 Å². The molecule has 0 aliphatic rings. The maximum Gasteiger partial charge on any atom is -0.00201 e. The molecule has 8 aromatic rings. The van der Waals surface area contributed by atoms with Crippen LogP contribution in [0, 0.1) is 0 Å². The van der Waals surface area contributed by atoms with Crippen molar-refractivity contribution in [3.63, 3.8) is 0 Å². The molecule has 0 amide bonds. The monoisotopic (exact) mass is 506 g/mol. The van der Waals surface area contributed by atoms with Crippen LogP contribution < -0.4 is 0 Å². The van der Waals surface area contributed by atoms with Crippen molar-refractivity contribution in [1.82, 2.24) is 0 Å². The third kappa shape index (κ3) is 3.61. The van der Waals surface area contributed by atoms with Gasteiger partial charge in [0, 0.05) is 0 Å². The summed E-state index contributed by atoms with van der Waals surface area (Å²) in [5.74, 6) is 0. The highest BCUT2D eigenvalue weighted by Gasteiger charge is 2.18. The third-order valence-corrected chi connectivity index (χ3v) is 8.23. The molecule has 0 radical (unpaired) electrons. The van der Waals surface area contributed by atoms with E-state index in [0.29, 0.717) is 0 Å². The Hall–Kier alpha value is -5.20. The molecular weight excluding hydrogens is 480 g/mol. The molecule has 0 heteroatoms. The van der Waals surface area contributed by atoms with E-state index >= 15 is 0 Å². The van der Waals surface area contributed by atoms with E-state index in [9.17, 15) is 0 Å². The molecule has 8 rings (SSSR count). The minimum atomic E-state index is 1.23. The second-order valence-electron chi connectivity index (χ2n) is 10.5. The van der Waals surface area contributed by atoms with Crippen LogP contribution in [0.5, 0.6) is 0 Å². The lowest BCUT2D eigenvalue weighted by atomic mass is 9.83. The minimum Gasteiger partial charge on any atom is -0.0622 e. The molecule has 0 saturated carbocycles. The van der Waals surface area contributed by atoms with Crippen molar-refractivity contribution in [2.45, 2.75) is 0 Å². The van der Waals surface area contributed by atoms with Crippen molar-refractivity contribution in [3.05, 3.63) is 158 Å². The molecular formula is C40H26. The summed E-state index contributed by atoms with van der Waals surface area (Å²) in [6.45, 7) is 0. The molecule has 186 valence electrons. The third-order valence-electron chi connectivity index (χ3n) is 8.23. The molecule has 8 aromatic carbocycles. The Labute approximate surface area is 233 Å². The highest BCUT2D eigenvalue weighted by Crippen LogP contribution is 2.46. The second kappa shape index (κ2) is 9.22. The molecule has 0 atom stereocenters. The smallest absolute Gasteiger partial charge is 0.00201 e. The van der Waals surface area contributed by atoms with Crippen LogP contribution in [0.1, 0.15) is 0 Å². The minimum absolute atomic E-state index is 1.23. The van der Waals surface area contributed by atoms with E-state index in [0.717, 1.165) is 0 Å². The van der Waals surface area contributed by atoms with Crippen LogP contribution in [-0.4, -0.2) is 0 Å². The van der Waals surface area contributed by atoms with Crippen LogP contribution in [0.15, 0.2) is 158 Å². The zero-order valence-corrected chi connectivity index (χ0v) is 22.0. The first-order valence-electron chi connectivity index (χ1n) is 13.9. The van der Waals surface area contributed by atoms with Crippen LogP contribution in [0.25, 0.3) is 76.5 Å². The fourth-order valence-corrected chi connectivity index (χ4v) is 6.38. The van der Waals surface area contributed by atoms with Crippen LogP contribution in [0.4, 0.5) is 0 Å². The van der Waals surface area contributed by atoms with Gasteiger partial charge in [0.2, 0.25) is 0 Å². The van der Waals surface area contributed by atoms with Crippen molar-refractivity contribution in [2.24, 2.45) is 0 Å². The average molecular weight is 507 g/mol. The fraction of sp³-hybridized carbons (Fsp3) is 0. The van der Waals surface area contributed by atoms with E-state index < -0.39 is 0 Å². The molecule has 0 N–H and O–H groups in total. The van der Waals surface area contributed by atoms with E-state index in [1.807, 2.05) is 0 Å². The molecule has 0 nitrogen and oxygen atoms in total. The molecule has 0 bridgehead atoms. The lowest BCUT2D eigenvalue weighted by molar-refractivity contribution is 1.65. The van der Waals surface area contributed by atoms with Crippen LogP contribution in [-0.2, 0) is 0 Å². The normalized spacial score (nSPS) is 11.5. The first-order valence-corrected chi connectivity index (χ1v) is 13.9. The van der Waals surface area contributed by atoms with Gasteiger partial charge in [0.1, 0.15) is 0 Å². The number of hydrogen-bond donors (Lipinski definition) is 0. The van der Waals surface area contributed by atoms with Gasteiger partial charge in [0.15, 0.2) is 0 Å². The van der Waals surface area contributed by atoms with E-state index in [-0.39, 0.29) is 0 Å². The summed E-state index contributed by atoms with van der Waals surface area (Å²) in [5.41, 5.74) is 7.57. The first kappa shape index (κ1) is 22.8. The van der Waals surface area contributed by atoms with Crippen LogP contribution in [0.3, 0.4) is 0 Å². The van der Waals surface area contributed by atoms with Crippen molar-refractivity contribution >= 4 is 43.1 Å². The summed E-state index contributed by atoms with van der Waals surface area (Å²) in [6, 6.07) is 57.6. The summed E-state index contributed by atoms with van der Waals surface area (Å²) in [4.78, 5) is 0. The Morgan fingerprint density at radius 3 is 1.65 bits per heavy atom. The van der Waals surface area contributed by atoms with Gasteiger partial charge >= 0.3 is 0 Å². The van der Waals surface area contributed by atoms with Gasteiger partial charge in [-0.05, 0) is 88.6 Å². The number of fused-ring (bicyclic) bond motifs is 4. The Bertz CT molecular complexity index is 2200. The molecule has 0 aromatic heterocycles. The molecule has 0 aliphatic heterocycles. The zero-order chi connectivity index (χ0) is 26.5. The van der Waals surface area contributed by atoms with Gasteiger partial charge in [-0.3, -0.25) is 0 Å². The standard InChI is InChI=1S/C40H26/c1-2-13-29(14-3-1)39-35-18-8-9-19-36(35)40(34-20-10-16-28-12-6-7-17-33(28)34)37-24-23-32(26-38(37)39)31-22-21-27-11-4-5-15-30(27)25-31/h1-26H. The maximum absolute atomic E-state index is 2.41. The topological polar surface area (TPSA) is 0 Å². The molecule has 0 heterocycles. The zero-order valence-electron chi connectivity index (χ0n) is 22.0. The van der Waals surface area contributed by atoms with Crippen molar-refractivity contribution in [3.8, 4) is 33.4 Å². The largest absolute Gasteiger partial charge is 0.0622 e. The van der Waals surface area contributed by atoms with Crippen LogP contribution in [0.2, 0.25) is 0 Å². The van der Waals surface area contributed by atoms with E-state index in [2.05, 4.69) is 158 Å². The lowest BCUT2D eigenvalue weighted by Crippen LogP contribution is -1.92. The SMILES string of the molecule is c1ccc(-c2c3ccccc3c(-c3cccc4ccccc34)c3ccc(-c4ccc5ccccc5c4)cc23)cc1. The van der Waals surface area contributed by atoms with Crippen molar-refractivity contribution in [2.75, 3.05) is 0 Å². The molecule has 0 fully saturated rings. The quantitative estimate of drug-likeness (QED) is 0.209. The molecule has 0 unspecified atom stereocenters. The lowest BCUT2D eigenvalue weighted by Gasteiger charge is -2.19. The summed E-state index contributed by atoms with van der Waals surface area (Å²) in [6.07, 6.45) is 0. The molecule has 40 heavy (non-hydrogen) atoms. The average Bonchev–Trinajstić information content (AvgIpc) is 3.03. The predicted molar refractivity (Wildman–Crippen MR) is 173 cm³/mol. The van der Waals surface area contributed by atoms with Gasteiger partial charge in [0.05, 0.1) is 0 Å². The number of rotatable bonds is 3. The van der Waals surface area contributed by atoms with Crippen molar-refractivity contribution in [1.29, 1.82) is 0 Å². The van der Waals surface area contributed by atoms with Crippen molar-refractivity contribution < 1.29 is 0 Å². The summed E-state index contributed by atoms with van der Waals surface area (Å²) in [5, 5.41) is 10.2. The van der Waals surface area contributed by atoms with Gasteiger partial charge in [-0.25, -0.2) is 0 Å². The van der Waals surface area contributed by atoms with Gasteiger partial charge in [0.25, 0.3) is 0 Å². The van der Waals surface area contributed by atoms with E-state index in [1.165, 1.54) is 76.5 Å². The highest BCUT2D eigenvalue weighted by atomic mass is 14.2.